The minimum Gasteiger partial charge on any atom is -0.480 e. The van der Waals surface area contributed by atoms with Gasteiger partial charge in [0.2, 0.25) is 5.90 Å². The maximum Gasteiger partial charge on any atom is 0.235 e. The van der Waals surface area contributed by atoms with Gasteiger partial charge in [0.1, 0.15) is 0 Å². The molecule has 3 atom stereocenters. The molecular formula is C14H22N2O2. The molecule has 2 unspecified atom stereocenters. The molecule has 0 aliphatic rings. The van der Waals surface area contributed by atoms with Crippen LogP contribution in [0.1, 0.15) is 20.8 Å². The lowest BCUT2D eigenvalue weighted by atomic mass is 9.89. The maximum absolute atomic E-state index is 10.8. The van der Waals surface area contributed by atoms with Crippen LogP contribution in [0.3, 0.4) is 0 Å². The third kappa shape index (κ3) is 5.08. The number of carbonyl (C=O) groups is 1. The minimum atomic E-state index is -0.196. The van der Waals surface area contributed by atoms with Crippen molar-refractivity contribution in [2.45, 2.75) is 26.8 Å². The Morgan fingerprint density at radius 3 is 2.44 bits per heavy atom. The van der Waals surface area contributed by atoms with Gasteiger partial charge in [-0.2, -0.15) is 0 Å². The molecule has 0 aliphatic heterocycles. The Kier molecular flexibility index (Phi) is 7.59. The van der Waals surface area contributed by atoms with Gasteiger partial charge >= 0.3 is 0 Å². The lowest BCUT2D eigenvalue weighted by Crippen LogP contribution is -2.24. The van der Waals surface area contributed by atoms with Crippen LogP contribution < -0.4 is 0 Å². The van der Waals surface area contributed by atoms with Crippen LogP contribution in [-0.4, -0.2) is 31.0 Å². The summed E-state index contributed by atoms with van der Waals surface area (Å²) in [4.78, 5) is 15.1. The molecule has 0 bridgehead atoms. The minimum absolute atomic E-state index is 0.0525. The third-order valence-corrected chi connectivity index (χ3v) is 3.03. The van der Waals surface area contributed by atoms with Crippen molar-refractivity contribution in [3.05, 3.63) is 24.8 Å². The molecule has 0 amide bonds. The third-order valence-electron chi connectivity index (χ3n) is 3.03. The highest BCUT2D eigenvalue weighted by molar-refractivity contribution is 6.59. The van der Waals surface area contributed by atoms with Crippen molar-refractivity contribution in [2.24, 2.45) is 16.8 Å². The second-order valence-corrected chi connectivity index (χ2v) is 4.24. The van der Waals surface area contributed by atoms with E-state index >= 15 is 0 Å². The highest BCUT2D eigenvalue weighted by Crippen LogP contribution is 2.19. The average molecular weight is 250 g/mol. The van der Waals surface area contributed by atoms with E-state index in [0.717, 1.165) is 0 Å². The number of nitrogens with zero attached hydrogens (tertiary/aromatic N) is 1. The van der Waals surface area contributed by atoms with E-state index in [9.17, 15) is 4.79 Å². The molecule has 0 radical (unpaired) electrons. The number of allylic oxidation sites excluding steroid dienone is 3. The molecule has 1 N–H and O–H groups in total. The number of hydrogen-bond donors (Lipinski definition) is 1. The fourth-order valence-electron chi connectivity index (χ4n) is 1.45. The monoisotopic (exact) mass is 250 g/mol. The zero-order valence-corrected chi connectivity index (χ0v) is 11.5. The Morgan fingerprint density at radius 2 is 2.00 bits per heavy atom. The second kappa shape index (κ2) is 8.39. The van der Waals surface area contributed by atoms with Gasteiger partial charge < -0.3 is 4.74 Å². The van der Waals surface area contributed by atoms with E-state index in [1.165, 1.54) is 7.11 Å². The number of aldehydes is 1. The molecular weight excluding hydrogens is 228 g/mol. The molecule has 0 aromatic heterocycles. The van der Waals surface area contributed by atoms with Gasteiger partial charge in [-0.1, -0.05) is 38.7 Å². The van der Waals surface area contributed by atoms with Gasteiger partial charge in [-0.05, 0) is 18.8 Å². The number of rotatable bonds is 7. The van der Waals surface area contributed by atoms with Crippen LogP contribution >= 0.6 is 0 Å². The van der Waals surface area contributed by atoms with Gasteiger partial charge in [0.15, 0.2) is 12.0 Å². The Labute approximate surface area is 109 Å². The fraction of sp³-hybridized carbons (Fsp3) is 0.500. The molecule has 4 nitrogen and oxygen atoms in total. The van der Waals surface area contributed by atoms with Gasteiger partial charge in [-0.25, -0.2) is 0 Å². The van der Waals surface area contributed by atoms with Gasteiger partial charge in [-0.3, -0.25) is 15.2 Å². The molecule has 18 heavy (non-hydrogen) atoms. The Balaban J connectivity index is 4.81. The number of hydrogen-bond acceptors (Lipinski definition) is 4. The van der Waals surface area contributed by atoms with Crippen LogP contribution in [0.4, 0.5) is 0 Å². The zero-order chi connectivity index (χ0) is 14.1. The summed E-state index contributed by atoms with van der Waals surface area (Å²) in [6.07, 6.45) is 6.23. The van der Waals surface area contributed by atoms with Crippen molar-refractivity contribution >= 4 is 17.9 Å². The fourth-order valence-corrected chi connectivity index (χ4v) is 1.45. The Bertz CT molecular complexity index is 359. The highest BCUT2D eigenvalue weighted by atomic mass is 16.5. The van der Waals surface area contributed by atoms with Crippen LogP contribution in [0.15, 0.2) is 29.8 Å². The molecule has 0 aromatic carbocycles. The van der Waals surface area contributed by atoms with Crippen molar-refractivity contribution in [2.75, 3.05) is 7.11 Å². The molecule has 0 rings (SSSR count). The largest absolute Gasteiger partial charge is 0.480 e. The number of nitrogens with one attached hydrogen (secondary N) is 1. The lowest BCUT2D eigenvalue weighted by Gasteiger charge is -2.21. The van der Waals surface area contributed by atoms with E-state index in [2.05, 4.69) is 25.4 Å². The van der Waals surface area contributed by atoms with Crippen LogP contribution in [0.25, 0.3) is 0 Å². The molecule has 0 saturated heterocycles. The topological polar surface area (TPSA) is 62.5 Å². The van der Waals surface area contributed by atoms with E-state index in [1.54, 1.807) is 6.08 Å². The quantitative estimate of drug-likeness (QED) is 0.327. The molecule has 0 saturated carbocycles. The van der Waals surface area contributed by atoms with Crippen LogP contribution in [-0.2, 0) is 9.53 Å². The first-order valence-electron chi connectivity index (χ1n) is 5.93. The van der Waals surface area contributed by atoms with Crippen LogP contribution in [0.2, 0.25) is 0 Å². The number of carbonyl (C=O) groups excluding carboxylic acids is 1. The molecule has 0 aromatic rings. The van der Waals surface area contributed by atoms with Gasteiger partial charge in [0.25, 0.3) is 0 Å². The van der Waals surface area contributed by atoms with Crippen LogP contribution in [0, 0.1) is 17.2 Å². The Morgan fingerprint density at radius 1 is 1.39 bits per heavy atom. The first-order chi connectivity index (χ1) is 8.47. The van der Waals surface area contributed by atoms with Crippen molar-refractivity contribution in [3.8, 4) is 0 Å². The smallest absolute Gasteiger partial charge is 0.235 e. The van der Waals surface area contributed by atoms with E-state index in [4.69, 9.17) is 10.1 Å². The number of methoxy groups -OCH3 is 1. The normalized spacial score (nSPS) is 17.0. The first-order valence-corrected chi connectivity index (χ1v) is 5.93. The molecule has 100 valence electrons. The average Bonchev–Trinajstić information content (AvgIpc) is 2.39. The van der Waals surface area contributed by atoms with Gasteiger partial charge in [0.05, 0.1) is 13.2 Å². The standard InChI is InChI=1S/C14H22N2O2/c1-6-7-8-10(2)11(3)12(4)16-13(9-17)14(15)18-5/h6-12,15H,1H2,2-5H3/b8-7-,15-14?,16-13?/t10?,11-,12?/m1/s1. The summed E-state index contributed by atoms with van der Waals surface area (Å²) in [7, 11) is 1.35. The summed E-state index contributed by atoms with van der Waals surface area (Å²) >= 11 is 0. The van der Waals surface area contributed by atoms with Crippen molar-refractivity contribution < 1.29 is 9.53 Å². The predicted molar refractivity (Wildman–Crippen MR) is 75.4 cm³/mol. The van der Waals surface area contributed by atoms with Crippen molar-refractivity contribution in [1.29, 1.82) is 5.41 Å². The van der Waals surface area contributed by atoms with E-state index in [-0.39, 0.29) is 23.6 Å². The number of ether oxygens (including phenoxy) is 1. The maximum atomic E-state index is 10.8. The van der Waals surface area contributed by atoms with E-state index in [0.29, 0.717) is 12.2 Å². The van der Waals surface area contributed by atoms with Crippen molar-refractivity contribution in [1.82, 2.24) is 0 Å². The van der Waals surface area contributed by atoms with Crippen molar-refractivity contribution in [3.63, 3.8) is 0 Å². The molecule has 0 spiro atoms. The SMILES string of the molecule is C=C/C=C\C(C)[C@@H](C)C(C)N=C(C=O)C(=N)OC. The van der Waals surface area contributed by atoms with E-state index in [1.807, 2.05) is 19.1 Å². The lowest BCUT2D eigenvalue weighted by molar-refractivity contribution is -0.102. The van der Waals surface area contributed by atoms with Crippen LogP contribution in [0.5, 0.6) is 0 Å². The molecule has 4 heteroatoms. The molecule has 0 aliphatic carbocycles. The summed E-state index contributed by atoms with van der Waals surface area (Å²) in [5.74, 6) is 0.366. The first kappa shape index (κ1) is 16.3. The van der Waals surface area contributed by atoms with Gasteiger partial charge in [-0.15, -0.1) is 0 Å². The zero-order valence-electron chi connectivity index (χ0n) is 11.5. The second-order valence-electron chi connectivity index (χ2n) is 4.24. The molecule has 0 heterocycles. The van der Waals surface area contributed by atoms with E-state index < -0.39 is 0 Å². The molecule has 0 fully saturated rings. The highest BCUT2D eigenvalue weighted by Gasteiger charge is 2.18. The summed E-state index contributed by atoms with van der Waals surface area (Å²) in [5, 5.41) is 7.44. The summed E-state index contributed by atoms with van der Waals surface area (Å²) in [6.45, 7) is 9.70. The summed E-state index contributed by atoms with van der Waals surface area (Å²) in [6, 6.07) is -0.0647. The van der Waals surface area contributed by atoms with Gasteiger partial charge in [0, 0.05) is 0 Å². The summed E-state index contributed by atoms with van der Waals surface area (Å²) < 4.78 is 4.70. The summed E-state index contributed by atoms with van der Waals surface area (Å²) in [5.41, 5.74) is 0.0525. The predicted octanol–water partition coefficient (Wildman–Crippen LogP) is 2.65. The Hall–Kier alpha value is -1.71. The number of aliphatic imine (C=N–C) groups is 1.